The molecular formula is C46H52F6N6O8S2. The Bertz CT molecular complexity index is 2810. The molecule has 68 heavy (non-hydrogen) atoms. The number of hydrogen-bond donors (Lipinski definition) is 4. The fraction of sp³-hybridized carbons (Fsp3) is 0.435. The molecule has 22 heteroatoms. The van der Waals surface area contributed by atoms with Crippen molar-refractivity contribution >= 4 is 65.6 Å². The monoisotopic (exact) mass is 994 g/mol. The molecule has 0 unspecified atom stereocenters. The van der Waals surface area contributed by atoms with Gasteiger partial charge in [-0.1, -0.05) is 41.5 Å². The van der Waals surface area contributed by atoms with Crippen LogP contribution in [-0.4, -0.2) is 57.8 Å². The van der Waals surface area contributed by atoms with E-state index in [1.165, 1.54) is 72.8 Å². The second kappa shape index (κ2) is 18.4. The van der Waals surface area contributed by atoms with Crippen LogP contribution in [0.1, 0.15) is 92.2 Å². The molecule has 8 rings (SSSR count). The number of alkyl halides is 6. The Kier molecular flexibility index (Phi) is 13.6. The summed E-state index contributed by atoms with van der Waals surface area (Å²) in [4.78, 5) is 8.63. The zero-order chi connectivity index (χ0) is 49.8. The van der Waals surface area contributed by atoms with E-state index >= 15 is 0 Å². The zero-order valence-corrected chi connectivity index (χ0v) is 39.5. The van der Waals surface area contributed by atoms with Crippen molar-refractivity contribution in [2.24, 2.45) is 22.7 Å². The molecule has 4 N–H and O–H groups in total. The molecule has 2 heterocycles. The largest absolute Gasteiger partial charge is 0.573 e. The van der Waals surface area contributed by atoms with Crippen molar-refractivity contribution < 1.29 is 61.8 Å². The summed E-state index contributed by atoms with van der Waals surface area (Å²) in [5.74, 6) is 1.09. The van der Waals surface area contributed by atoms with Crippen LogP contribution < -0.4 is 20.1 Å². The number of nitrogens with one attached hydrogen (secondary N) is 2. The third-order valence-corrected chi connectivity index (χ3v) is 13.8. The second-order valence-electron chi connectivity index (χ2n) is 19.4. The number of hydrogen-bond acceptors (Lipinski definition) is 10. The van der Waals surface area contributed by atoms with E-state index in [1.54, 1.807) is 12.1 Å². The van der Waals surface area contributed by atoms with Crippen molar-refractivity contribution in [1.29, 1.82) is 0 Å². The Balaban J connectivity index is 0.000000201. The van der Waals surface area contributed by atoms with Crippen molar-refractivity contribution in [3.05, 3.63) is 84.9 Å². The van der Waals surface area contributed by atoms with Gasteiger partial charge < -0.3 is 29.2 Å². The van der Waals surface area contributed by atoms with E-state index in [4.69, 9.17) is 0 Å². The van der Waals surface area contributed by atoms with Crippen LogP contribution in [0.5, 0.6) is 11.5 Å². The highest BCUT2D eigenvalue weighted by atomic mass is 32.2. The highest BCUT2D eigenvalue weighted by Gasteiger charge is 2.37. The Labute approximate surface area is 389 Å². The maximum Gasteiger partial charge on any atom is 0.573 e. The van der Waals surface area contributed by atoms with Crippen LogP contribution in [0.2, 0.25) is 0 Å². The average molecular weight is 995 g/mol. The summed E-state index contributed by atoms with van der Waals surface area (Å²) in [6.45, 7) is 13.2. The molecule has 0 spiro atoms. The van der Waals surface area contributed by atoms with Crippen LogP contribution in [0.25, 0.3) is 22.1 Å². The molecule has 2 fully saturated rings. The summed E-state index contributed by atoms with van der Waals surface area (Å²) >= 11 is 0. The van der Waals surface area contributed by atoms with Crippen LogP contribution in [0.4, 0.5) is 49.6 Å². The van der Waals surface area contributed by atoms with Gasteiger partial charge in [0, 0.05) is 23.5 Å². The van der Waals surface area contributed by atoms with Gasteiger partial charge in [-0.05, 0) is 146 Å². The fourth-order valence-corrected chi connectivity index (χ4v) is 11.1. The highest BCUT2D eigenvalue weighted by Crippen LogP contribution is 2.48. The van der Waals surface area contributed by atoms with Crippen LogP contribution >= 0.6 is 0 Å². The number of rotatable bonds is 10. The van der Waals surface area contributed by atoms with Gasteiger partial charge in [0.1, 0.15) is 11.5 Å². The molecule has 2 aromatic heterocycles. The quantitative estimate of drug-likeness (QED) is 0.0752. The molecule has 4 atom stereocenters. The molecule has 4 aromatic carbocycles. The molecule has 0 amide bonds. The van der Waals surface area contributed by atoms with Gasteiger partial charge >= 0.3 is 12.7 Å². The Morgan fingerprint density at radius 3 is 1.21 bits per heavy atom. The minimum Gasteiger partial charge on any atom is -0.406 e. The summed E-state index contributed by atoms with van der Waals surface area (Å²) in [7, 11) is -8.81. The van der Waals surface area contributed by atoms with E-state index in [1.807, 2.05) is 9.13 Å². The molecule has 0 aliphatic heterocycles. The normalized spacial score (nSPS) is 20.9. The summed E-state index contributed by atoms with van der Waals surface area (Å²) in [5.41, 5.74) is 3.30. The van der Waals surface area contributed by atoms with Crippen LogP contribution in [0.3, 0.4) is 0 Å². The molecule has 2 saturated carbocycles. The van der Waals surface area contributed by atoms with Crippen molar-refractivity contribution in [3.63, 3.8) is 0 Å². The highest BCUT2D eigenvalue weighted by molar-refractivity contribution is 7.86. The van der Waals surface area contributed by atoms with E-state index in [-0.39, 0.29) is 44.2 Å². The standard InChI is InChI=1S/2C23H26F3N3O4S/c2*1-14-10-16(13-22(2,3)12-14)29-20-9-8-18(34(30,31)32)11-19(20)28-21(29)27-15-4-6-17(7-5-15)33-23(24,25)26/h2*4-9,11,14,16H,10,12-13H2,1-3H3,(H,27,28)(H,30,31,32)/t2*14-,16+/m10/s1. The Morgan fingerprint density at radius 2 is 0.912 bits per heavy atom. The first kappa shape index (κ1) is 50.3. The lowest BCUT2D eigenvalue weighted by atomic mass is 9.70. The number of halogens is 6. The van der Waals surface area contributed by atoms with Gasteiger partial charge in [-0.15, -0.1) is 26.3 Å². The van der Waals surface area contributed by atoms with Crippen LogP contribution in [0.15, 0.2) is 94.7 Å². The molecule has 0 saturated heterocycles. The summed E-state index contributed by atoms with van der Waals surface area (Å²) in [6.07, 6.45) is -3.88. The van der Waals surface area contributed by atoms with Gasteiger partial charge in [0.2, 0.25) is 11.9 Å². The number of aromatic nitrogens is 4. The summed E-state index contributed by atoms with van der Waals surface area (Å²) in [5, 5.41) is 6.31. The molecule has 368 valence electrons. The minimum absolute atomic E-state index is 0.0654. The third kappa shape index (κ3) is 12.5. The van der Waals surface area contributed by atoms with Gasteiger partial charge in [-0.2, -0.15) is 16.8 Å². The lowest BCUT2D eigenvalue weighted by Crippen LogP contribution is -2.29. The van der Waals surface area contributed by atoms with Crippen LogP contribution in [0, 0.1) is 22.7 Å². The molecule has 0 radical (unpaired) electrons. The molecule has 6 aromatic rings. The van der Waals surface area contributed by atoms with Crippen molar-refractivity contribution in [2.45, 2.75) is 115 Å². The van der Waals surface area contributed by atoms with Gasteiger partial charge in [-0.25, -0.2) is 9.97 Å². The first-order valence-electron chi connectivity index (χ1n) is 21.6. The average Bonchev–Trinajstić information content (AvgIpc) is 3.73. The van der Waals surface area contributed by atoms with Gasteiger partial charge in [0.15, 0.2) is 0 Å². The number of anilines is 4. The predicted molar refractivity (Wildman–Crippen MR) is 244 cm³/mol. The maximum atomic E-state index is 12.5. The van der Waals surface area contributed by atoms with E-state index in [2.05, 4.69) is 71.6 Å². The smallest absolute Gasteiger partial charge is 0.406 e. The van der Waals surface area contributed by atoms with Crippen LogP contribution in [-0.2, 0) is 20.2 Å². The fourth-order valence-electron chi connectivity index (χ4n) is 10.1. The molecule has 2 aliphatic carbocycles. The molecule has 0 bridgehead atoms. The number of fused-ring (bicyclic) bond motifs is 2. The number of nitrogens with zero attached hydrogens (tertiary/aromatic N) is 4. The number of ether oxygens (including phenoxy) is 2. The predicted octanol–water partition coefficient (Wildman–Crippen LogP) is 12.6. The maximum absolute atomic E-state index is 12.5. The second-order valence-corrected chi connectivity index (χ2v) is 22.2. The Morgan fingerprint density at radius 1 is 0.574 bits per heavy atom. The summed E-state index contributed by atoms with van der Waals surface area (Å²) < 4.78 is 152. The number of imidazole rings is 2. The van der Waals surface area contributed by atoms with E-state index in [0.29, 0.717) is 57.2 Å². The summed E-state index contributed by atoms with van der Waals surface area (Å²) in [6, 6.07) is 19.2. The van der Waals surface area contributed by atoms with Crippen molar-refractivity contribution in [1.82, 2.24) is 19.1 Å². The molecule has 14 nitrogen and oxygen atoms in total. The molecular weight excluding hydrogens is 943 g/mol. The van der Waals surface area contributed by atoms with Crippen molar-refractivity contribution in [3.8, 4) is 11.5 Å². The Hall–Kier alpha value is -5.58. The minimum atomic E-state index is -4.78. The van der Waals surface area contributed by atoms with Gasteiger partial charge in [0.05, 0.1) is 31.9 Å². The zero-order valence-electron chi connectivity index (χ0n) is 37.9. The van der Waals surface area contributed by atoms with E-state index < -0.39 is 33.0 Å². The van der Waals surface area contributed by atoms with E-state index in [9.17, 15) is 52.3 Å². The van der Waals surface area contributed by atoms with E-state index in [0.717, 1.165) is 38.5 Å². The third-order valence-electron chi connectivity index (χ3n) is 12.1. The molecule has 2 aliphatic rings. The van der Waals surface area contributed by atoms with Gasteiger partial charge in [-0.3, -0.25) is 9.11 Å². The lowest BCUT2D eigenvalue weighted by Gasteiger charge is -2.40. The topological polar surface area (TPSA) is 187 Å². The lowest BCUT2D eigenvalue weighted by molar-refractivity contribution is -0.275. The van der Waals surface area contributed by atoms with Gasteiger partial charge in [0.25, 0.3) is 20.2 Å². The first-order chi connectivity index (χ1) is 31.4. The van der Waals surface area contributed by atoms with Crippen molar-refractivity contribution in [2.75, 3.05) is 10.6 Å². The number of benzene rings is 4. The first-order valence-corrected chi connectivity index (χ1v) is 24.5. The SMILES string of the molecule is C[C@@H]1C[C@H](n2c(Nc3ccc(OC(F)(F)F)cc3)nc3cc(S(=O)(=O)O)ccc32)CC(C)(C)C1.C[C@H]1C[C@@H](n2c(Nc3ccc(OC(F)(F)F)cc3)nc3cc(S(=O)(=O)O)ccc32)CC(C)(C)C1.